The largest absolute Gasteiger partial charge is 0.454 e. The molecular weight excluding hydrogens is 427 g/mol. The van der Waals surface area contributed by atoms with E-state index in [1.807, 2.05) is 13.8 Å². The minimum Gasteiger partial charge on any atom is -0.454 e. The average molecular weight is 454 g/mol. The van der Waals surface area contributed by atoms with Crippen LogP contribution < -0.4 is 5.32 Å². The molecule has 3 fully saturated rings. The van der Waals surface area contributed by atoms with Gasteiger partial charge in [0.25, 0.3) is 5.91 Å². The number of ether oxygens (including phenoxy) is 1. The number of hydrogen-bond acceptors (Lipinski definition) is 5. The molecule has 0 unspecified atom stereocenters. The molecule has 1 N–H and O–H groups in total. The van der Waals surface area contributed by atoms with Gasteiger partial charge in [-0.2, -0.15) is 0 Å². The number of amides is 3. The van der Waals surface area contributed by atoms with Crippen molar-refractivity contribution in [2.45, 2.75) is 32.7 Å². The van der Waals surface area contributed by atoms with Crippen LogP contribution in [0.4, 0.5) is 10.1 Å². The van der Waals surface area contributed by atoms with Crippen LogP contribution in [0.3, 0.4) is 0 Å². The van der Waals surface area contributed by atoms with Crippen molar-refractivity contribution >= 4 is 29.4 Å². The fourth-order valence-electron chi connectivity index (χ4n) is 6.00. The van der Waals surface area contributed by atoms with E-state index in [1.165, 1.54) is 24.3 Å². The van der Waals surface area contributed by atoms with Crippen molar-refractivity contribution in [3.05, 3.63) is 42.2 Å². The predicted molar refractivity (Wildman–Crippen MR) is 116 cm³/mol. The first kappa shape index (κ1) is 21.8. The number of likely N-dealkylation sites (tertiary alicyclic amines) is 1. The van der Waals surface area contributed by atoms with E-state index in [0.29, 0.717) is 17.5 Å². The summed E-state index contributed by atoms with van der Waals surface area (Å²) in [6.45, 7) is 3.24. The highest BCUT2D eigenvalue weighted by atomic mass is 19.1. The molecule has 2 saturated carbocycles. The average Bonchev–Trinajstić information content (AvgIpc) is 3.56. The normalized spacial score (nSPS) is 31.9. The third kappa shape index (κ3) is 3.75. The van der Waals surface area contributed by atoms with Gasteiger partial charge in [-0.05, 0) is 66.7 Å². The van der Waals surface area contributed by atoms with Gasteiger partial charge < -0.3 is 10.1 Å². The first-order chi connectivity index (χ1) is 15.8. The highest BCUT2D eigenvalue weighted by Gasteiger charge is 2.68. The molecular formula is C25H27FN2O5. The Morgan fingerprint density at radius 2 is 1.64 bits per heavy atom. The van der Waals surface area contributed by atoms with Gasteiger partial charge in [-0.15, -0.1) is 0 Å². The Morgan fingerprint density at radius 1 is 1.06 bits per heavy atom. The molecule has 1 aromatic rings. The van der Waals surface area contributed by atoms with Crippen LogP contribution in [0.2, 0.25) is 0 Å². The number of benzene rings is 1. The van der Waals surface area contributed by atoms with E-state index in [9.17, 15) is 23.6 Å². The van der Waals surface area contributed by atoms with Gasteiger partial charge in [-0.25, -0.2) is 9.18 Å². The van der Waals surface area contributed by atoms with Crippen LogP contribution in [0.25, 0.3) is 0 Å². The van der Waals surface area contributed by atoms with Crippen LogP contribution in [-0.2, 0) is 23.9 Å². The molecule has 0 radical (unpaired) electrons. The summed E-state index contributed by atoms with van der Waals surface area (Å²) in [4.78, 5) is 53.1. The van der Waals surface area contributed by atoms with Gasteiger partial charge in [0.1, 0.15) is 11.9 Å². The van der Waals surface area contributed by atoms with Crippen LogP contribution in [-0.4, -0.2) is 41.2 Å². The van der Waals surface area contributed by atoms with Crippen molar-refractivity contribution in [2.75, 3.05) is 11.9 Å². The van der Waals surface area contributed by atoms with Crippen molar-refractivity contribution in [3.8, 4) is 0 Å². The molecule has 7 nitrogen and oxygen atoms in total. The third-order valence-electron chi connectivity index (χ3n) is 7.45. The highest BCUT2D eigenvalue weighted by molar-refractivity contribution is 6.09. The molecule has 174 valence electrons. The van der Waals surface area contributed by atoms with Crippen LogP contribution in [0, 0.1) is 47.2 Å². The predicted octanol–water partition coefficient (Wildman–Crippen LogP) is 2.78. The van der Waals surface area contributed by atoms with Gasteiger partial charge in [0.05, 0.1) is 11.8 Å². The summed E-state index contributed by atoms with van der Waals surface area (Å²) in [7, 11) is 0. The first-order valence-corrected chi connectivity index (χ1v) is 11.5. The standard InChI is InChI=1S/C25H27FN2O5/c1-12(2)9-19(25(32)33-11-20(29)27-14-5-3-13(26)4-6-14)28-23(30)21-15-7-8-16(18-10-17(15)18)22(21)24(28)31/h3-8,12,15-19,21-22H,9-11H2,1-2H3,(H,27,29)/t15-,16-,17-,18-,19+,21+,22+/m0/s1. The quantitative estimate of drug-likeness (QED) is 0.389. The van der Waals surface area contributed by atoms with E-state index < -0.39 is 30.3 Å². The molecule has 33 heavy (non-hydrogen) atoms. The molecule has 4 aliphatic carbocycles. The van der Waals surface area contributed by atoms with Gasteiger partial charge >= 0.3 is 5.97 Å². The number of carbonyl (C=O) groups is 4. The molecule has 7 atom stereocenters. The molecule has 0 aromatic heterocycles. The smallest absolute Gasteiger partial charge is 0.329 e. The topological polar surface area (TPSA) is 92.8 Å². The highest BCUT2D eigenvalue weighted by Crippen LogP contribution is 2.65. The second-order valence-corrected chi connectivity index (χ2v) is 10.0. The van der Waals surface area contributed by atoms with Crippen molar-refractivity contribution < 1.29 is 28.3 Å². The molecule has 1 saturated heterocycles. The fourth-order valence-corrected chi connectivity index (χ4v) is 6.00. The maximum absolute atomic E-state index is 13.4. The van der Waals surface area contributed by atoms with Crippen LogP contribution >= 0.6 is 0 Å². The molecule has 3 amide bonds. The summed E-state index contributed by atoms with van der Waals surface area (Å²) in [5.41, 5.74) is 0.367. The van der Waals surface area contributed by atoms with E-state index in [4.69, 9.17) is 4.74 Å². The van der Waals surface area contributed by atoms with Gasteiger partial charge in [-0.1, -0.05) is 26.0 Å². The molecule has 2 bridgehead atoms. The maximum Gasteiger partial charge on any atom is 0.329 e. The van der Waals surface area contributed by atoms with Crippen molar-refractivity contribution in [1.29, 1.82) is 0 Å². The number of carbonyl (C=O) groups excluding carboxylic acids is 4. The second-order valence-electron chi connectivity index (χ2n) is 10.0. The summed E-state index contributed by atoms with van der Waals surface area (Å²) in [6.07, 6.45) is 5.51. The van der Waals surface area contributed by atoms with Gasteiger partial charge in [0, 0.05) is 5.69 Å². The van der Waals surface area contributed by atoms with Gasteiger partial charge in [0.15, 0.2) is 6.61 Å². The Kier molecular flexibility index (Phi) is 5.34. The lowest BCUT2D eigenvalue weighted by molar-refractivity contribution is -0.160. The minimum atomic E-state index is -1.05. The second kappa shape index (κ2) is 8.08. The van der Waals surface area contributed by atoms with Crippen LogP contribution in [0.1, 0.15) is 26.7 Å². The number of esters is 1. The third-order valence-corrected chi connectivity index (χ3v) is 7.45. The van der Waals surface area contributed by atoms with E-state index in [2.05, 4.69) is 17.5 Å². The number of anilines is 1. The summed E-state index contributed by atoms with van der Waals surface area (Å²) in [6, 6.07) is 4.15. The van der Waals surface area contributed by atoms with E-state index in [-0.39, 0.29) is 47.8 Å². The lowest BCUT2D eigenvalue weighted by Crippen LogP contribution is -2.47. The zero-order chi connectivity index (χ0) is 23.4. The van der Waals surface area contributed by atoms with E-state index in [0.717, 1.165) is 11.3 Å². The maximum atomic E-state index is 13.4. The van der Waals surface area contributed by atoms with Gasteiger partial charge in [-0.3, -0.25) is 19.3 Å². The number of hydrogen-bond donors (Lipinski definition) is 1. The lowest BCUT2D eigenvalue weighted by Gasteiger charge is -2.37. The van der Waals surface area contributed by atoms with Crippen molar-refractivity contribution in [2.24, 2.45) is 41.4 Å². The molecule has 8 heteroatoms. The summed E-state index contributed by atoms with van der Waals surface area (Å²) in [5, 5.41) is 2.52. The number of allylic oxidation sites excluding steroid dienone is 2. The first-order valence-electron chi connectivity index (χ1n) is 11.5. The van der Waals surface area contributed by atoms with Crippen LogP contribution in [0.15, 0.2) is 36.4 Å². The minimum absolute atomic E-state index is 0.0297. The van der Waals surface area contributed by atoms with E-state index >= 15 is 0 Å². The Balaban J connectivity index is 1.28. The molecule has 1 heterocycles. The van der Waals surface area contributed by atoms with E-state index in [1.54, 1.807) is 0 Å². The molecule has 5 aliphatic rings. The van der Waals surface area contributed by atoms with Crippen molar-refractivity contribution in [1.82, 2.24) is 4.90 Å². The number of nitrogens with one attached hydrogen (secondary N) is 1. The Morgan fingerprint density at radius 3 is 2.18 bits per heavy atom. The SMILES string of the molecule is CC(C)C[C@H](C(=O)OCC(=O)Nc1ccc(F)cc1)N1C(=O)[C@@H]2[C@H]3C=C[C@@H]([C@@H]4C[C@@H]34)[C@H]2C1=O. The molecule has 1 aliphatic heterocycles. The van der Waals surface area contributed by atoms with Gasteiger partial charge in [0.2, 0.25) is 11.8 Å². The zero-order valence-electron chi connectivity index (χ0n) is 18.6. The lowest BCUT2D eigenvalue weighted by atomic mass is 9.63. The molecule has 1 aromatic carbocycles. The molecule has 6 rings (SSSR count). The Labute approximate surface area is 191 Å². The number of imide groups is 1. The van der Waals surface area contributed by atoms with Crippen molar-refractivity contribution in [3.63, 3.8) is 0 Å². The Hall–Kier alpha value is -3.03. The summed E-state index contributed by atoms with van der Waals surface area (Å²) in [5.74, 6) is -2.00. The number of nitrogens with zero attached hydrogens (tertiary/aromatic N) is 1. The van der Waals surface area contributed by atoms with Crippen LogP contribution in [0.5, 0.6) is 0 Å². The fraction of sp³-hybridized carbons (Fsp3) is 0.520. The number of rotatable bonds is 7. The monoisotopic (exact) mass is 454 g/mol. The Bertz CT molecular complexity index is 1000. The summed E-state index contributed by atoms with van der Waals surface area (Å²) >= 11 is 0. The zero-order valence-corrected chi connectivity index (χ0v) is 18.6. The number of halogens is 1. The molecule has 0 spiro atoms. The summed E-state index contributed by atoms with van der Waals surface area (Å²) < 4.78 is 18.3.